The Labute approximate surface area is 457 Å². The molecule has 12 aromatic rings. The third-order valence-corrected chi connectivity index (χ3v) is 27.4. The number of fused-ring (bicyclic) bond motifs is 15. The molecule has 0 saturated heterocycles. The van der Waals surface area contributed by atoms with Crippen molar-refractivity contribution in [1.82, 2.24) is 0 Å². The summed E-state index contributed by atoms with van der Waals surface area (Å²) >= 11 is 1.98. The van der Waals surface area contributed by atoms with Gasteiger partial charge in [-0.05, 0) is 124 Å². The molecule has 11 aromatic carbocycles. The summed E-state index contributed by atoms with van der Waals surface area (Å²) in [7, 11) is -5.23. The minimum atomic E-state index is -3.10. The van der Waals surface area contributed by atoms with Crippen molar-refractivity contribution in [3.8, 4) is 11.1 Å². The normalized spacial score (nSPS) is 14.8. The van der Waals surface area contributed by atoms with Crippen molar-refractivity contribution < 1.29 is 0 Å². The van der Waals surface area contributed by atoms with E-state index in [1.807, 2.05) is 11.3 Å². The number of rotatable bonds is 6. The number of hydrogen-bond acceptors (Lipinski definition) is 3. The molecule has 1 aliphatic carbocycles. The van der Waals surface area contributed by atoms with Gasteiger partial charge in [-0.15, -0.1) is 11.3 Å². The third kappa shape index (κ3) is 6.01. The Kier molecular flexibility index (Phi) is 9.73. The second-order valence-corrected chi connectivity index (χ2v) is 31.1. The van der Waals surface area contributed by atoms with Crippen LogP contribution in [0, 0.1) is 0 Å². The summed E-state index contributed by atoms with van der Waals surface area (Å²) in [6, 6.07) is 105. The van der Waals surface area contributed by atoms with Crippen LogP contribution >= 0.6 is 11.3 Å². The summed E-state index contributed by atoms with van der Waals surface area (Å²) in [5.74, 6) is 0. The summed E-state index contributed by atoms with van der Waals surface area (Å²) in [4.78, 5) is 5.30. The van der Waals surface area contributed by atoms with Crippen LogP contribution in [0.25, 0.3) is 21.2 Å². The predicted molar refractivity (Wildman–Crippen MR) is 334 cm³/mol. The van der Waals surface area contributed by atoms with Crippen LogP contribution in [-0.4, -0.2) is 22.9 Å². The Morgan fingerprint density at radius 1 is 0.403 bits per heavy atom. The number of benzene rings is 11. The molecule has 77 heavy (non-hydrogen) atoms. The van der Waals surface area contributed by atoms with Gasteiger partial charge >= 0.3 is 0 Å². The van der Waals surface area contributed by atoms with E-state index >= 15 is 0 Å². The highest BCUT2D eigenvalue weighted by Gasteiger charge is 2.56. The molecule has 0 bridgehead atoms. The van der Waals surface area contributed by atoms with Crippen LogP contribution in [0.1, 0.15) is 22.3 Å². The van der Waals surface area contributed by atoms with Crippen LogP contribution in [0.15, 0.2) is 273 Å². The van der Waals surface area contributed by atoms with Gasteiger partial charge in [0.25, 0.3) is 6.71 Å². The van der Waals surface area contributed by atoms with Gasteiger partial charge in [-0.1, -0.05) is 238 Å². The summed E-state index contributed by atoms with van der Waals surface area (Å²) in [5, 5.41) is 9.73. The van der Waals surface area contributed by atoms with Gasteiger partial charge < -0.3 is 9.80 Å². The second-order valence-electron chi connectivity index (χ2n) is 21.8. The van der Waals surface area contributed by atoms with Crippen LogP contribution in [0.2, 0.25) is 13.1 Å². The second kappa shape index (κ2) is 16.7. The fourth-order valence-electron chi connectivity index (χ4n) is 14.8. The van der Waals surface area contributed by atoms with E-state index in [0.717, 1.165) is 11.4 Å². The van der Waals surface area contributed by atoms with E-state index in [4.69, 9.17) is 0 Å². The maximum atomic E-state index is 2.71. The van der Waals surface area contributed by atoms with E-state index in [1.165, 1.54) is 113 Å². The number of hydrogen-bond donors (Lipinski definition) is 0. The van der Waals surface area contributed by atoms with Gasteiger partial charge in [0.2, 0.25) is 0 Å². The van der Waals surface area contributed by atoms with E-state index in [9.17, 15) is 0 Å². The van der Waals surface area contributed by atoms with E-state index in [2.05, 4.69) is 296 Å². The van der Waals surface area contributed by atoms with Gasteiger partial charge in [-0.25, -0.2) is 0 Å². The molecule has 4 aliphatic rings. The minimum absolute atomic E-state index is 0.0800. The zero-order valence-electron chi connectivity index (χ0n) is 42.9. The van der Waals surface area contributed by atoms with Crippen molar-refractivity contribution in [1.29, 1.82) is 0 Å². The minimum Gasteiger partial charge on any atom is -0.311 e. The fraction of sp³-hybridized carbons (Fsp3) is 0.0423. The molecular formula is C71H51BN2SSi2. The van der Waals surface area contributed by atoms with Crippen LogP contribution in [0.3, 0.4) is 0 Å². The molecule has 0 unspecified atom stereocenters. The maximum Gasteiger partial charge on any atom is 0.264 e. The number of para-hydroxylation sites is 2. The van der Waals surface area contributed by atoms with Crippen molar-refractivity contribution in [2.45, 2.75) is 18.5 Å². The predicted octanol–water partition coefficient (Wildman–Crippen LogP) is 11.9. The largest absolute Gasteiger partial charge is 0.311 e. The lowest BCUT2D eigenvalue weighted by Gasteiger charge is -2.47. The smallest absolute Gasteiger partial charge is 0.264 e. The molecule has 0 atom stereocenters. The van der Waals surface area contributed by atoms with E-state index in [-0.39, 0.29) is 6.71 Å². The van der Waals surface area contributed by atoms with Gasteiger partial charge in [0.1, 0.15) is 8.07 Å². The number of anilines is 6. The topological polar surface area (TPSA) is 6.48 Å². The summed E-state index contributed by atoms with van der Waals surface area (Å²) in [6.45, 7) is 5.04. The van der Waals surface area contributed by atoms with Gasteiger partial charge in [-0.2, -0.15) is 0 Å². The van der Waals surface area contributed by atoms with Crippen molar-refractivity contribution in [2.75, 3.05) is 9.80 Å². The van der Waals surface area contributed by atoms with Gasteiger partial charge in [0.05, 0.1) is 11.1 Å². The van der Waals surface area contributed by atoms with Crippen molar-refractivity contribution in [3.05, 3.63) is 295 Å². The fourth-order valence-corrected chi connectivity index (χ4v) is 24.1. The zero-order chi connectivity index (χ0) is 51.0. The van der Waals surface area contributed by atoms with Gasteiger partial charge in [0, 0.05) is 43.3 Å². The number of thiophene rings is 1. The zero-order valence-corrected chi connectivity index (χ0v) is 45.7. The van der Waals surface area contributed by atoms with Crippen molar-refractivity contribution in [2.24, 2.45) is 0 Å². The van der Waals surface area contributed by atoms with Crippen LogP contribution < -0.4 is 56.6 Å². The van der Waals surface area contributed by atoms with Crippen molar-refractivity contribution >= 4 is 125 Å². The first-order chi connectivity index (χ1) is 38.0. The molecule has 1 aromatic heterocycles. The van der Waals surface area contributed by atoms with Crippen LogP contribution in [0.4, 0.5) is 34.1 Å². The molecule has 1 spiro atoms. The SMILES string of the molecule is C[Si]1(C)c2ccccc2C2(c3ccccc3-c3cc4c(cc32)B2c3sc5ccccc5c3N(c3ccccc3)c3cc([Si](c5ccccc5)(c5ccccc5)c5ccccc5)cc(c32)N4c2ccccc2)c2ccccc21. The summed E-state index contributed by atoms with van der Waals surface area (Å²) < 4.78 is 2.68. The lowest BCUT2D eigenvalue weighted by molar-refractivity contribution is 0.774. The molecule has 4 heterocycles. The Morgan fingerprint density at radius 2 is 0.870 bits per heavy atom. The first-order valence-corrected chi connectivity index (χ1v) is 32.9. The summed E-state index contributed by atoms with van der Waals surface area (Å²) in [6.07, 6.45) is 0. The maximum absolute atomic E-state index is 3.10. The molecule has 362 valence electrons. The molecule has 0 fully saturated rings. The monoisotopic (exact) mass is 1030 g/mol. The molecule has 0 amide bonds. The van der Waals surface area contributed by atoms with E-state index in [1.54, 1.807) is 0 Å². The lowest BCUT2D eigenvalue weighted by atomic mass is 9.36. The Morgan fingerprint density at radius 3 is 1.45 bits per heavy atom. The average Bonchev–Trinajstić information content (AvgIpc) is 3.96. The number of nitrogens with zero attached hydrogens (tertiary/aromatic N) is 2. The highest BCUT2D eigenvalue weighted by molar-refractivity contribution is 7.33. The molecule has 0 radical (unpaired) electrons. The third-order valence-electron chi connectivity index (χ3n) is 17.8. The molecule has 0 saturated carbocycles. The molecule has 6 heteroatoms. The Hall–Kier alpha value is -8.52. The Balaban J connectivity index is 1.09. The van der Waals surface area contributed by atoms with Crippen molar-refractivity contribution in [3.63, 3.8) is 0 Å². The molecule has 0 N–H and O–H groups in total. The highest BCUT2D eigenvalue weighted by atomic mass is 32.1. The van der Waals surface area contributed by atoms with E-state index in [0.29, 0.717) is 0 Å². The highest BCUT2D eigenvalue weighted by Crippen LogP contribution is 2.58. The Bertz CT molecular complexity index is 4190. The molecular weight excluding hydrogens is 980 g/mol. The standard InChI is InChI=1S/C71H51BN2SSi2/c1-76(2)66-42-24-21-39-58(66)71(59-40-22-25-43-67(59)76)57-38-20-18-36-54(57)56-46-62-61(47-60(56)71)72-68-63(73(62)48-26-8-3-9-27-48)44-53(77(50-30-12-5-13-31-50,51-32-14-6-15-33-51)52-34-16-7-17-35-52)45-64(68)74(49-28-10-4-11-29-49)69-55-37-19-23-41-65(55)75-70(69)72/h3-47H,1-2H3. The molecule has 3 aliphatic heterocycles. The lowest BCUT2D eigenvalue weighted by Crippen LogP contribution is -2.75. The first-order valence-electron chi connectivity index (χ1n) is 27.0. The van der Waals surface area contributed by atoms with Gasteiger partial charge in [-0.3, -0.25) is 0 Å². The molecule has 16 rings (SSSR count). The van der Waals surface area contributed by atoms with Crippen LogP contribution in [-0.2, 0) is 5.41 Å². The quantitative estimate of drug-likeness (QED) is 0.121. The first kappa shape index (κ1) is 44.7. The summed E-state index contributed by atoms with van der Waals surface area (Å²) in [5.41, 5.74) is 17.7. The van der Waals surface area contributed by atoms with Crippen LogP contribution in [0.5, 0.6) is 0 Å². The average molecular weight is 1030 g/mol. The molecule has 2 nitrogen and oxygen atoms in total. The van der Waals surface area contributed by atoms with Gasteiger partial charge in [0.15, 0.2) is 8.07 Å². The van der Waals surface area contributed by atoms with E-state index < -0.39 is 21.6 Å².